The molecule has 0 atom stereocenters. The van der Waals surface area contributed by atoms with Crippen molar-refractivity contribution in [2.45, 2.75) is 25.8 Å². The minimum absolute atomic E-state index is 0.0293. The summed E-state index contributed by atoms with van der Waals surface area (Å²) in [6.45, 7) is 2.97. The van der Waals surface area contributed by atoms with Crippen LogP contribution >= 0.6 is 11.6 Å². The van der Waals surface area contributed by atoms with Gasteiger partial charge in [-0.25, -0.2) is 0 Å². The summed E-state index contributed by atoms with van der Waals surface area (Å²) >= 11 is 6.26. The molecule has 0 bridgehead atoms. The lowest BCUT2D eigenvalue weighted by Gasteiger charge is -2.33. The molecule has 1 aliphatic heterocycles. The number of hydrogen-bond donors (Lipinski definition) is 1. The van der Waals surface area contributed by atoms with Crippen molar-refractivity contribution in [3.63, 3.8) is 0 Å². The number of anilines is 1. The fraction of sp³-hybridized carbons (Fsp3) is 0.381. The molecule has 1 amide bonds. The van der Waals surface area contributed by atoms with Crippen LogP contribution in [-0.4, -0.2) is 49.1 Å². The molecule has 1 N–H and O–H groups in total. The second-order valence-corrected chi connectivity index (χ2v) is 7.56. The number of rotatable bonds is 6. The average Bonchev–Trinajstić information content (AvgIpc) is 2.75. The first-order valence-electron chi connectivity index (χ1n) is 9.56. The van der Waals surface area contributed by atoms with Gasteiger partial charge >= 0.3 is 0 Å². The number of nitro benzene ring substituents is 1. The second kappa shape index (κ2) is 9.21. The Morgan fingerprint density at radius 3 is 2.40 bits per heavy atom. The van der Waals surface area contributed by atoms with Crippen LogP contribution in [0.2, 0.25) is 5.02 Å². The number of halogens is 1. The van der Waals surface area contributed by atoms with Gasteiger partial charge in [-0.05, 0) is 43.5 Å². The Kier molecular flexibility index (Phi) is 6.66. The van der Waals surface area contributed by atoms with Crippen LogP contribution in [0.15, 0.2) is 30.3 Å². The first kappa shape index (κ1) is 21.7. The number of methoxy groups -OCH3 is 2. The Morgan fingerprint density at radius 1 is 1.17 bits per heavy atom. The summed E-state index contributed by atoms with van der Waals surface area (Å²) in [5, 5.41) is 14.7. The third-order valence-corrected chi connectivity index (χ3v) is 5.54. The second-order valence-electron chi connectivity index (χ2n) is 7.16. The molecule has 160 valence electrons. The number of nitro groups is 1. The molecular formula is C21H24ClN3O5. The van der Waals surface area contributed by atoms with Crippen molar-refractivity contribution >= 4 is 28.9 Å². The van der Waals surface area contributed by atoms with E-state index in [1.54, 1.807) is 32.2 Å². The van der Waals surface area contributed by atoms with Crippen molar-refractivity contribution in [2.75, 3.05) is 32.6 Å². The molecule has 30 heavy (non-hydrogen) atoms. The third kappa shape index (κ3) is 4.59. The van der Waals surface area contributed by atoms with Crippen molar-refractivity contribution in [3.8, 4) is 11.5 Å². The highest BCUT2D eigenvalue weighted by atomic mass is 35.5. The number of aryl methyl sites for hydroxylation is 1. The van der Waals surface area contributed by atoms with E-state index in [-0.39, 0.29) is 17.6 Å². The number of nitrogens with zero attached hydrogens (tertiary/aromatic N) is 2. The molecule has 2 aromatic carbocycles. The summed E-state index contributed by atoms with van der Waals surface area (Å²) in [5.41, 5.74) is 1.94. The highest BCUT2D eigenvalue weighted by molar-refractivity contribution is 6.33. The van der Waals surface area contributed by atoms with Crippen LogP contribution in [0, 0.1) is 17.0 Å². The largest absolute Gasteiger partial charge is 0.493 e. The topological polar surface area (TPSA) is 93.9 Å². The monoisotopic (exact) mass is 433 g/mol. The Bertz CT molecular complexity index is 935. The van der Waals surface area contributed by atoms with Crippen molar-refractivity contribution in [1.29, 1.82) is 0 Å². The summed E-state index contributed by atoms with van der Waals surface area (Å²) in [7, 11) is 3.09. The van der Waals surface area contributed by atoms with E-state index >= 15 is 0 Å². The quantitative estimate of drug-likeness (QED) is 0.539. The number of carbonyl (C=O) groups is 1. The minimum Gasteiger partial charge on any atom is -0.493 e. The molecule has 0 aromatic heterocycles. The summed E-state index contributed by atoms with van der Waals surface area (Å²) in [6.07, 6.45) is 1.48. The Labute approximate surface area is 179 Å². The number of nitrogens with one attached hydrogen (secondary N) is 1. The zero-order valence-corrected chi connectivity index (χ0v) is 17.9. The van der Waals surface area contributed by atoms with Crippen LogP contribution in [0.4, 0.5) is 11.4 Å². The standard InChI is InChI=1S/C21H24ClN3O5/c1-13-10-16(25(27)28)12-17(22)20(13)23-15-6-8-24(9-7-15)21(26)14-4-5-18(29-2)19(11-14)30-3/h4-5,10-12,15,23H,6-9H2,1-3H3. The Hall–Kier alpha value is -3.00. The molecule has 1 heterocycles. The van der Waals surface area contributed by atoms with Gasteiger partial charge < -0.3 is 19.7 Å². The summed E-state index contributed by atoms with van der Waals surface area (Å²) in [4.78, 5) is 25.2. The Morgan fingerprint density at radius 2 is 1.83 bits per heavy atom. The number of amides is 1. The molecule has 2 aromatic rings. The number of likely N-dealkylation sites (tertiary alicyclic amines) is 1. The molecule has 0 radical (unpaired) electrons. The normalized spacial score (nSPS) is 14.3. The molecule has 0 spiro atoms. The fourth-order valence-electron chi connectivity index (χ4n) is 3.60. The van der Waals surface area contributed by atoms with Gasteiger partial charge in [-0.15, -0.1) is 0 Å². The molecule has 3 rings (SSSR count). The molecule has 0 unspecified atom stereocenters. The molecule has 1 saturated heterocycles. The van der Waals surface area contributed by atoms with Crippen molar-refractivity contribution in [2.24, 2.45) is 0 Å². The van der Waals surface area contributed by atoms with Crippen molar-refractivity contribution in [3.05, 3.63) is 56.6 Å². The van der Waals surface area contributed by atoms with Crippen LogP contribution < -0.4 is 14.8 Å². The number of benzene rings is 2. The van der Waals surface area contributed by atoms with Gasteiger partial charge in [-0.1, -0.05) is 11.6 Å². The molecule has 0 aliphatic carbocycles. The van der Waals surface area contributed by atoms with Crippen LogP contribution in [-0.2, 0) is 0 Å². The SMILES string of the molecule is COc1ccc(C(=O)N2CCC(Nc3c(C)cc([N+](=O)[O-])cc3Cl)CC2)cc1OC. The smallest absolute Gasteiger partial charge is 0.271 e. The van der Waals surface area contributed by atoms with Crippen LogP contribution in [0.1, 0.15) is 28.8 Å². The van der Waals surface area contributed by atoms with Gasteiger partial charge in [0.25, 0.3) is 11.6 Å². The number of ether oxygens (including phenoxy) is 2. The van der Waals surface area contributed by atoms with E-state index in [9.17, 15) is 14.9 Å². The fourth-order valence-corrected chi connectivity index (χ4v) is 3.91. The van der Waals surface area contributed by atoms with E-state index in [0.717, 1.165) is 18.4 Å². The van der Waals surface area contributed by atoms with Crippen molar-refractivity contribution < 1.29 is 19.2 Å². The van der Waals surface area contributed by atoms with Gasteiger partial charge in [0.1, 0.15) is 0 Å². The molecule has 1 aliphatic rings. The number of carbonyl (C=O) groups excluding carboxylic acids is 1. The molecular weight excluding hydrogens is 410 g/mol. The van der Waals surface area contributed by atoms with Gasteiger partial charge in [-0.3, -0.25) is 14.9 Å². The van der Waals surface area contributed by atoms with E-state index in [2.05, 4.69) is 5.32 Å². The first-order valence-corrected chi connectivity index (χ1v) is 9.94. The van der Waals surface area contributed by atoms with E-state index in [0.29, 0.717) is 40.9 Å². The maximum Gasteiger partial charge on any atom is 0.271 e. The summed E-state index contributed by atoms with van der Waals surface area (Å²) in [6, 6.07) is 8.12. The van der Waals surface area contributed by atoms with Crippen LogP contribution in [0.25, 0.3) is 0 Å². The number of piperidine rings is 1. The van der Waals surface area contributed by atoms with Gasteiger partial charge in [-0.2, -0.15) is 0 Å². The van der Waals surface area contributed by atoms with E-state index in [1.165, 1.54) is 19.2 Å². The maximum absolute atomic E-state index is 12.9. The molecule has 8 nitrogen and oxygen atoms in total. The highest BCUT2D eigenvalue weighted by Gasteiger charge is 2.25. The van der Waals surface area contributed by atoms with Gasteiger partial charge in [0.05, 0.1) is 29.9 Å². The zero-order valence-electron chi connectivity index (χ0n) is 17.1. The third-order valence-electron chi connectivity index (χ3n) is 5.24. The van der Waals surface area contributed by atoms with E-state index in [1.807, 2.05) is 4.90 Å². The summed E-state index contributed by atoms with van der Waals surface area (Å²) < 4.78 is 10.5. The highest BCUT2D eigenvalue weighted by Crippen LogP contribution is 2.33. The van der Waals surface area contributed by atoms with E-state index < -0.39 is 4.92 Å². The predicted octanol–water partition coefficient (Wildman–Crippen LogP) is 4.29. The average molecular weight is 434 g/mol. The maximum atomic E-state index is 12.9. The lowest BCUT2D eigenvalue weighted by atomic mass is 10.0. The number of hydrogen-bond acceptors (Lipinski definition) is 6. The van der Waals surface area contributed by atoms with Gasteiger partial charge in [0.2, 0.25) is 0 Å². The van der Waals surface area contributed by atoms with Gasteiger partial charge in [0.15, 0.2) is 11.5 Å². The minimum atomic E-state index is -0.457. The molecule has 0 saturated carbocycles. The van der Waals surface area contributed by atoms with Crippen molar-refractivity contribution in [1.82, 2.24) is 4.90 Å². The molecule has 9 heteroatoms. The van der Waals surface area contributed by atoms with Crippen LogP contribution in [0.3, 0.4) is 0 Å². The predicted molar refractivity (Wildman–Crippen MR) is 115 cm³/mol. The lowest BCUT2D eigenvalue weighted by molar-refractivity contribution is -0.384. The lowest BCUT2D eigenvalue weighted by Crippen LogP contribution is -2.42. The Balaban J connectivity index is 1.64. The molecule has 1 fully saturated rings. The van der Waals surface area contributed by atoms with Crippen LogP contribution in [0.5, 0.6) is 11.5 Å². The number of non-ortho nitro benzene ring substituents is 1. The summed E-state index contributed by atoms with van der Waals surface area (Å²) in [5.74, 6) is 1.04. The van der Waals surface area contributed by atoms with Gasteiger partial charge in [0, 0.05) is 36.8 Å². The van der Waals surface area contributed by atoms with E-state index in [4.69, 9.17) is 21.1 Å². The zero-order chi connectivity index (χ0) is 21.8. The first-order chi connectivity index (χ1) is 14.3.